The van der Waals surface area contributed by atoms with Crippen molar-refractivity contribution in [3.05, 3.63) is 35.9 Å². The molecule has 2 fully saturated rings. The SMILES string of the molecule is CC(C)C[C@H]1C(=O)N[C@H](C(=O)N2CCCCC2)CC(=O)N(C)CCCC(=O)N(C)[C@@H](Cc2ccccc2)C(=O)N[C@@H]([C@@H](C)O)C(=O)N(C)CC(=O)N[C@@H](COC(C)(C)C)C(=O)N1C. The molecule has 8 amide bonds. The Hall–Kier alpha value is -5.10. The smallest absolute Gasteiger partial charge is 0.248 e. The predicted molar refractivity (Wildman–Crippen MR) is 235 cm³/mol. The summed E-state index contributed by atoms with van der Waals surface area (Å²) in [4.78, 5) is 118. The molecule has 1 aromatic rings. The zero-order valence-electron chi connectivity index (χ0n) is 39.0. The highest BCUT2D eigenvalue weighted by atomic mass is 16.5. The summed E-state index contributed by atoms with van der Waals surface area (Å²) < 4.78 is 5.95. The number of hydrogen-bond acceptors (Lipinski definition) is 10. The van der Waals surface area contributed by atoms with Crippen molar-refractivity contribution in [1.82, 2.24) is 40.4 Å². The fraction of sp³-hybridized carbons (Fsp3) is 0.689. The highest BCUT2D eigenvalue weighted by Gasteiger charge is 2.39. The second-order valence-electron chi connectivity index (χ2n) is 18.3. The third-order valence-electron chi connectivity index (χ3n) is 11.3. The first kappa shape index (κ1) is 52.2. The van der Waals surface area contributed by atoms with Gasteiger partial charge in [-0.3, -0.25) is 38.4 Å². The Balaban J connectivity index is 2.08. The number of carbonyl (C=O) groups excluding carboxylic acids is 8. The molecule has 0 aromatic heterocycles. The summed E-state index contributed by atoms with van der Waals surface area (Å²) >= 11 is 0. The van der Waals surface area contributed by atoms with Crippen LogP contribution in [0.25, 0.3) is 0 Å². The Kier molecular flexibility index (Phi) is 20.0. The van der Waals surface area contributed by atoms with Crippen molar-refractivity contribution in [3.63, 3.8) is 0 Å². The lowest BCUT2D eigenvalue weighted by molar-refractivity contribution is -0.147. The first-order valence-corrected chi connectivity index (χ1v) is 22.1. The number of carbonyl (C=O) groups is 8. The number of nitrogens with zero attached hydrogens (tertiary/aromatic N) is 5. The van der Waals surface area contributed by atoms with E-state index in [0.29, 0.717) is 13.1 Å². The van der Waals surface area contributed by atoms with E-state index in [1.165, 1.54) is 42.8 Å². The standard InChI is InChI=1S/C45H72N8O10/c1-29(2)24-34-40(58)47-32(43(61)53-22-15-12-16-23-53)26-38(57)49(7)21-17-20-37(56)51(9)35(25-31-18-13-11-14-19-31)41(59)48-39(30(3)54)44(62)50(8)27-36(55)46-33(42(60)52(34)10)28-63-45(4,5)6/h11,13-14,18-19,29-30,32-35,39,54H,12,15-17,20-28H2,1-10H3,(H,46,55)(H,47,58)(H,48,59)/t30-,32+,33+,34+,35+,39+/m1/s1. The first-order valence-electron chi connectivity index (χ1n) is 22.1. The third kappa shape index (κ3) is 16.2. The van der Waals surface area contributed by atoms with E-state index in [1.54, 1.807) is 57.0 Å². The minimum atomic E-state index is -1.52. The molecule has 18 heteroatoms. The van der Waals surface area contributed by atoms with Crippen molar-refractivity contribution < 1.29 is 48.2 Å². The lowest BCUT2D eigenvalue weighted by Crippen LogP contribution is -2.60. The number of likely N-dealkylation sites (tertiary alicyclic amines) is 1. The highest BCUT2D eigenvalue weighted by molar-refractivity contribution is 5.97. The summed E-state index contributed by atoms with van der Waals surface area (Å²) in [5.74, 6) is -5.02. The van der Waals surface area contributed by atoms with Crippen LogP contribution in [-0.2, 0) is 49.5 Å². The van der Waals surface area contributed by atoms with Crippen molar-refractivity contribution in [1.29, 1.82) is 0 Å². The van der Waals surface area contributed by atoms with Gasteiger partial charge in [-0.05, 0) is 71.3 Å². The van der Waals surface area contributed by atoms with E-state index >= 15 is 0 Å². The van der Waals surface area contributed by atoms with Gasteiger partial charge in [0.2, 0.25) is 47.3 Å². The highest BCUT2D eigenvalue weighted by Crippen LogP contribution is 2.18. The number of amides is 8. The van der Waals surface area contributed by atoms with Gasteiger partial charge in [0.15, 0.2) is 0 Å². The Bertz CT molecular complexity index is 1750. The van der Waals surface area contributed by atoms with Gasteiger partial charge < -0.3 is 50.3 Å². The van der Waals surface area contributed by atoms with Crippen LogP contribution in [0, 0.1) is 5.92 Å². The fourth-order valence-corrected chi connectivity index (χ4v) is 7.52. The molecule has 0 radical (unpaired) electrons. The van der Waals surface area contributed by atoms with Crippen molar-refractivity contribution in [2.24, 2.45) is 5.92 Å². The van der Waals surface area contributed by atoms with Crippen LogP contribution < -0.4 is 16.0 Å². The van der Waals surface area contributed by atoms with E-state index in [0.717, 1.165) is 29.7 Å². The quantitative estimate of drug-likeness (QED) is 0.287. The zero-order chi connectivity index (χ0) is 47.2. The maximum Gasteiger partial charge on any atom is 0.248 e. The molecule has 2 aliphatic heterocycles. The van der Waals surface area contributed by atoms with E-state index < -0.39 is 95.7 Å². The van der Waals surface area contributed by atoms with E-state index in [2.05, 4.69) is 16.0 Å². The molecular weight excluding hydrogens is 813 g/mol. The Morgan fingerprint density at radius 3 is 1.97 bits per heavy atom. The molecule has 0 spiro atoms. The molecule has 3 rings (SSSR count). The Labute approximate surface area is 372 Å². The number of aliphatic hydroxyl groups is 1. The molecule has 2 aliphatic rings. The van der Waals surface area contributed by atoms with Gasteiger partial charge in [-0.1, -0.05) is 44.2 Å². The van der Waals surface area contributed by atoms with Crippen LogP contribution in [0.1, 0.15) is 92.1 Å². The summed E-state index contributed by atoms with van der Waals surface area (Å²) in [6, 6.07) is 2.61. The van der Waals surface area contributed by atoms with Crippen LogP contribution in [0.5, 0.6) is 0 Å². The van der Waals surface area contributed by atoms with Crippen LogP contribution in [0.3, 0.4) is 0 Å². The van der Waals surface area contributed by atoms with Gasteiger partial charge in [-0.2, -0.15) is 0 Å². The predicted octanol–water partition coefficient (Wildman–Crippen LogP) is 0.693. The van der Waals surface area contributed by atoms with Crippen molar-refractivity contribution in [2.75, 3.05) is 61.0 Å². The van der Waals surface area contributed by atoms with Crippen molar-refractivity contribution in [2.45, 2.75) is 135 Å². The van der Waals surface area contributed by atoms with E-state index in [1.807, 2.05) is 19.9 Å². The fourth-order valence-electron chi connectivity index (χ4n) is 7.52. The number of hydrogen-bond donors (Lipinski definition) is 4. The topological polar surface area (TPSA) is 218 Å². The second-order valence-corrected chi connectivity index (χ2v) is 18.3. The van der Waals surface area contributed by atoms with Gasteiger partial charge in [0.05, 0.1) is 31.3 Å². The summed E-state index contributed by atoms with van der Waals surface area (Å²) in [7, 11) is 5.74. The Morgan fingerprint density at radius 2 is 1.38 bits per heavy atom. The van der Waals surface area contributed by atoms with Gasteiger partial charge >= 0.3 is 0 Å². The largest absolute Gasteiger partial charge is 0.391 e. The lowest BCUT2D eigenvalue weighted by Gasteiger charge is -2.35. The van der Waals surface area contributed by atoms with Crippen molar-refractivity contribution in [3.8, 4) is 0 Å². The molecule has 0 saturated carbocycles. The summed E-state index contributed by atoms with van der Waals surface area (Å²) in [5, 5.41) is 18.8. The number of piperidine rings is 1. The normalized spacial score (nSPS) is 24.8. The number of ether oxygens (including phenoxy) is 1. The van der Waals surface area contributed by atoms with Crippen LogP contribution in [0.15, 0.2) is 30.3 Å². The lowest BCUT2D eigenvalue weighted by atomic mass is 10.00. The molecule has 4 N–H and O–H groups in total. The average molecular weight is 885 g/mol. The number of aliphatic hydroxyl groups excluding tert-OH is 1. The molecule has 2 saturated heterocycles. The molecular formula is C45H72N8O10. The molecule has 63 heavy (non-hydrogen) atoms. The van der Waals surface area contributed by atoms with Gasteiger partial charge in [0.25, 0.3) is 0 Å². The maximum absolute atomic E-state index is 14.4. The molecule has 6 atom stereocenters. The number of benzene rings is 1. The third-order valence-corrected chi connectivity index (χ3v) is 11.3. The van der Waals surface area contributed by atoms with Gasteiger partial charge in [-0.25, -0.2) is 0 Å². The van der Waals surface area contributed by atoms with Crippen LogP contribution in [0.4, 0.5) is 0 Å². The molecule has 0 bridgehead atoms. The number of nitrogens with one attached hydrogen (secondary N) is 3. The molecule has 18 nitrogen and oxygen atoms in total. The van der Waals surface area contributed by atoms with E-state index in [4.69, 9.17) is 4.74 Å². The number of likely N-dealkylation sites (N-methyl/N-ethyl adjacent to an activating group) is 3. The van der Waals surface area contributed by atoms with E-state index in [9.17, 15) is 43.5 Å². The zero-order valence-corrected chi connectivity index (χ0v) is 39.0. The maximum atomic E-state index is 14.4. The van der Waals surface area contributed by atoms with E-state index in [-0.39, 0.29) is 51.2 Å². The van der Waals surface area contributed by atoms with Crippen LogP contribution in [-0.4, -0.2) is 180 Å². The van der Waals surface area contributed by atoms with Gasteiger partial charge in [-0.15, -0.1) is 0 Å². The minimum absolute atomic E-state index is 0.0603. The molecule has 0 aliphatic carbocycles. The molecule has 1 aromatic carbocycles. The van der Waals surface area contributed by atoms with Gasteiger partial charge in [0, 0.05) is 60.7 Å². The molecule has 2 heterocycles. The van der Waals surface area contributed by atoms with Gasteiger partial charge in [0.1, 0.15) is 30.2 Å². The average Bonchev–Trinajstić information content (AvgIpc) is 3.23. The molecule has 0 unspecified atom stereocenters. The summed E-state index contributed by atoms with van der Waals surface area (Å²) in [6.45, 7) is 10.5. The van der Waals surface area contributed by atoms with Crippen LogP contribution in [0.2, 0.25) is 0 Å². The minimum Gasteiger partial charge on any atom is -0.391 e. The summed E-state index contributed by atoms with van der Waals surface area (Å²) in [5.41, 5.74) is -0.0171. The Morgan fingerprint density at radius 1 is 0.762 bits per heavy atom. The monoisotopic (exact) mass is 885 g/mol. The first-order chi connectivity index (χ1) is 29.5. The van der Waals surface area contributed by atoms with Crippen molar-refractivity contribution >= 4 is 47.3 Å². The second kappa shape index (κ2) is 24.1. The molecule has 352 valence electrons. The van der Waals surface area contributed by atoms with Crippen LogP contribution >= 0.6 is 0 Å². The number of rotatable bonds is 8. The summed E-state index contributed by atoms with van der Waals surface area (Å²) in [6.07, 6.45) is 1.10.